The molecule has 2 aromatic rings. The Morgan fingerprint density at radius 1 is 1.30 bits per heavy atom. The van der Waals surface area contributed by atoms with E-state index in [0.717, 1.165) is 6.07 Å². The van der Waals surface area contributed by atoms with Crippen LogP contribution in [0.5, 0.6) is 5.75 Å². The first-order valence-electron chi connectivity index (χ1n) is 6.14. The molecule has 23 heavy (non-hydrogen) atoms. The Balaban J connectivity index is 2.43. The number of nitrogens with zero attached hydrogens (tertiary/aromatic N) is 1. The van der Waals surface area contributed by atoms with Crippen molar-refractivity contribution in [3.63, 3.8) is 0 Å². The average molecular weight is 365 g/mol. The lowest BCUT2D eigenvalue weighted by Gasteiger charge is -2.11. The van der Waals surface area contributed by atoms with Crippen molar-refractivity contribution in [2.45, 2.75) is 6.18 Å². The number of carbonyl (C=O) groups is 1. The molecule has 0 atom stereocenters. The smallest absolute Gasteiger partial charge is 0.417 e. The van der Waals surface area contributed by atoms with E-state index >= 15 is 0 Å². The molecule has 0 saturated carbocycles. The Morgan fingerprint density at radius 3 is 2.57 bits per heavy atom. The molecule has 1 aromatic carbocycles. The Morgan fingerprint density at radius 2 is 2.00 bits per heavy atom. The van der Waals surface area contributed by atoms with Crippen LogP contribution in [0.25, 0.3) is 11.3 Å². The number of rotatable bonds is 3. The highest BCUT2D eigenvalue weighted by atomic mass is 35.5. The Labute approximate surface area is 138 Å². The van der Waals surface area contributed by atoms with Crippen LogP contribution in [0.2, 0.25) is 5.02 Å². The van der Waals surface area contributed by atoms with Gasteiger partial charge in [0, 0.05) is 11.8 Å². The van der Waals surface area contributed by atoms with Crippen LogP contribution in [0.15, 0.2) is 30.5 Å². The van der Waals surface area contributed by atoms with Gasteiger partial charge < -0.3 is 10.4 Å². The molecule has 0 bridgehead atoms. The summed E-state index contributed by atoms with van der Waals surface area (Å²) in [4.78, 5) is 15.0. The maximum absolute atomic E-state index is 12.6. The predicted octanol–water partition coefficient (Wildman–Crippen LogP) is 4.30. The van der Waals surface area contributed by atoms with Gasteiger partial charge >= 0.3 is 6.18 Å². The molecular weight excluding hydrogens is 356 g/mol. The van der Waals surface area contributed by atoms with Gasteiger partial charge in [-0.25, -0.2) is 0 Å². The minimum Gasteiger partial charge on any atom is -0.506 e. The molecule has 9 heteroatoms. The van der Waals surface area contributed by atoms with E-state index in [4.69, 9.17) is 23.2 Å². The summed E-state index contributed by atoms with van der Waals surface area (Å²) < 4.78 is 37.8. The molecule has 0 radical (unpaired) electrons. The van der Waals surface area contributed by atoms with Gasteiger partial charge in [-0.3, -0.25) is 9.78 Å². The number of benzene rings is 1. The summed E-state index contributed by atoms with van der Waals surface area (Å²) >= 11 is 11.2. The molecule has 0 fully saturated rings. The predicted molar refractivity (Wildman–Crippen MR) is 80.7 cm³/mol. The van der Waals surface area contributed by atoms with Crippen molar-refractivity contribution in [2.75, 3.05) is 11.2 Å². The third-order valence-electron chi connectivity index (χ3n) is 2.83. The van der Waals surface area contributed by atoms with Crippen molar-refractivity contribution < 1.29 is 23.1 Å². The van der Waals surface area contributed by atoms with Crippen molar-refractivity contribution in [3.8, 4) is 17.0 Å². The Hall–Kier alpha value is -1.99. The van der Waals surface area contributed by atoms with E-state index in [0.29, 0.717) is 11.8 Å². The van der Waals surface area contributed by atoms with E-state index in [1.807, 2.05) is 0 Å². The molecule has 0 unspecified atom stereocenters. The fourth-order valence-electron chi connectivity index (χ4n) is 1.77. The lowest BCUT2D eigenvalue weighted by Crippen LogP contribution is -2.12. The summed E-state index contributed by atoms with van der Waals surface area (Å²) in [7, 11) is 0. The molecule has 1 aromatic heterocycles. The van der Waals surface area contributed by atoms with E-state index in [1.165, 1.54) is 18.2 Å². The third-order valence-corrected chi connectivity index (χ3v) is 3.36. The molecule has 122 valence electrons. The zero-order valence-electron chi connectivity index (χ0n) is 11.3. The van der Waals surface area contributed by atoms with Crippen molar-refractivity contribution in [3.05, 3.63) is 41.0 Å². The Kier molecular flexibility index (Phi) is 5.01. The van der Waals surface area contributed by atoms with Gasteiger partial charge in [0.05, 0.1) is 22.0 Å². The highest BCUT2D eigenvalue weighted by Crippen LogP contribution is 2.36. The van der Waals surface area contributed by atoms with Crippen LogP contribution in [0.4, 0.5) is 18.9 Å². The Bertz CT molecular complexity index is 751. The summed E-state index contributed by atoms with van der Waals surface area (Å²) in [5, 5.41) is 11.8. The number of carbonyl (C=O) groups excluding carboxylic acids is 1. The zero-order chi connectivity index (χ0) is 17.2. The molecule has 0 aliphatic carbocycles. The fourth-order valence-corrected chi connectivity index (χ4v) is 2.11. The number of anilines is 1. The summed E-state index contributed by atoms with van der Waals surface area (Å²) in [5.41, 5.74) is -0.515. The van der Waals surface area contributed by atoms with Gasteiger partial charge in [0.1, 0.15) is 11.6 Å². The second kappa shape index (κ2) is 6.64. The van der Waals surface area contributed by atoms with Gasteiger partial charge in [-0.1, -0.05) is 11.6 Å². The zero-order valence-corrected chi connectivity index (χ0v) is 12.8. The van der Waals surface area contributed by atoms with Crippen LogP contribution < -0.4 is 5.32 Å². The second-order valence-electron chi connectivity index (χ2n) is 4.47. The van der Waals surface area contributed by atoms with Crippen LogP contribution in [-0.2, 0) is 11.0 Å². The standard InChI is InChI=1S/C14H9Cl2F3N2O2/c15-5-12(23)21-10-3-7(1-2-11(10)22)13-9(16)4-8(6-20-13)14(17,18)19/h1-4,6,22H,5H2,(H,21,23). The van der Waals surface area contributed by atoms with E-state index < -0.39 is 17.6 Å². The molecule has 4 nitrogen and oxygen atoms in total. The number of hydrogen-bond acceptors (Lipinski definition) is 3. The topological polar surface area (TPSA) is 62.2 Å². The van der Waals surface area contributed by atoms with Gasteiger partial charge in [-0.05, 0) is 24.3 Å². The van der Waals surface area contributed by atoms with Crippen molar-refractivity contribution >= 4 is 34.8 Å². The highest BCUT2D eigenvalue weighted by Gasteiger charge is 2.31. The van der Waals surface area contributed by atoms with Crippen LogP contribution in [-0.4, -0.2) is 21.9 Å². The van der Waals surface area contributed by atoms with Crippen LogP contribution in [0.1, 0.15) is 5.56 Å². The monoisotopic (exact) mass is 364 g/mol. The number of halogens is 5. The summed E-state index contributed by atoms with van der Waals surface area (Å²) in [6.07, 6.45) is -3.89. The molecule has 1 amide bonds. The number of phenolic OH excluding ortho intramolecular Hbond substituents is 1. The van der Waals surface area contributed by atoms with Crippen LogP contribution in [0.3, 0.4) is 0 Å². The number of phenols is 1. The molecule has 2 N–H and O–H groups in total. The lowest BCUT2D eigenvalue weighted by atomic mass is 10.1. The second-order valence-corrected chi connectivity index (χ2v) is 5.14. The molecule has 0 aliphatic heterocycles. The third kappa shape index (κ3) is 4.05. The number of aromatic hydroxyl groups is 1. The number of hydrogen-bond donors (Lipinski definition) is 2. The maximum Gasteiger partial charge on any atom is 0.417 e. The lowest BCUT2D eigenvalue weighted by molar-refractivity contribution is -0.137. The first kappa shape index (κ1) is 17.4. The number of amides is 1. The van der Waals surface area contributed by atoms with Gasteiger partial charge in [0.25, 0.3) is 0 Å². The molecule has 1 heterocycles. The van der Waals surface area contributed by atoms with Crippen LogP contribution >= 0.6 is 23.2 Å². The van der Waals surface area contributed by atoms with Gasteiger partial charge in [-0.2, -0.15) is 13.2 Å². The molecular formula is C14H9Cl2F3N2O2. The van der Waals surface area contributed by atoms with E-state index in [2.05, 4.69) is 10.3 Å². The first-order valence-corrected chi connectivity index (χ1v) is 7.05. The van der Waals surface area contributed by atoms with Gasteiger partial charge in [-0.15, -0.1) is 11.6 Å². The summed E-state index contributed by atoms with van der Waals surface area (Å²) in [6.45, 7) is 0. The number of aromatic nitrogens is 1. The number of pyridine rings is 1. The average Bonchev–Trinajstić information content (AvgIpc) is 2.48. The normalized spacial score (nSPS) is 11.3. The molecule has 0 saturated heterocycles. The minimum absolute atomic E-state index is 0.0471. The highest BCUT2D eigenvalue weighted by molar-refractivity contribution is 6.33. The van der Waals surface area contributed by atoms with E-state index in [1.54, 1.807) is 0 Å². The number of nitrogens with one attached hydrogen (secondary N) is 1. The fraction of sp³-hybridized carbons (Fsp3) is 0.143. The maximum atomic E-state index is 12.6. The number of alkyl halides is 4. The largest absolute Gasteiger partial charge is 0.506 e. The SMILES string of the molecule is O=C(CCl)Nc1cc(-c2ncc(C(F)(F)F)cc2Cl)ccc1O. The minimum atomic E-state index is -4.55. The van der Waals surface area contributed by atoms with Crippen molar-refractivity contribution in [2.24, 2.45) is 0 Å². The van der Waals surface area contributed by atoms with Crippen LogP contribution in [0, 0.1) is 0 Å². The van der Waals surface area contributed by atoms with E-state index in [-0.39, 0.29) is 28.0 Å². The van der Waals surface area contributed by atoms with Gasteiger partial charge in [0.15, 0.2) is 0 Å². The quantitative estimate of drug-likeness (QED) is 0.630. The molecule has 0 aliphatic rings. The summed E-state index contributed by atoms with van der Waals surface area (Å²) in [5.74, 6) is -1.09. The van der Waals surface area contributed by atoms with Crippen molar-refractivity contribution in [1.29, 1.82) is 0 Å². The first-order chi connectivity index (χ1) is 10.7. The summed E-state index contributed by atoms with van der Waals surface area (Å²) in [6, 6.07) is 4.76. The molecule has 2 rings (SSSR count). The van der Waals surface area contributed by atoms with Crippen molar-refractivity contribution in [1.82, 2.24) is 4.98 Å². The van der Waals surface area contributed by atoms with E-state index in [9.17, 15) is 23.1 Å². The van der Waals surface area contributed by atoms with Gasteiger partial charge in [0.2, 0.25) is 5.91 Å². The molecule has 0 spiro atoms.